The van der Waals surface area contributed by atoms with Crippen LogP contribution in [0.2, 0.25) is 0 Å². The van der Waals surface area contributed by atoms with Crippen molar-refractivity contribution in [1.82, 2.24) is 5.16 Å². The van der Waals surface area contributed by atoms with E-state index in [0.29, 0.717) is 28.9 Å². The molecule has 8 atom stereocenters. The number of fused-ring (bicyclic) bond motifs is 5. The second-order valence-corrected chi connectivity index (χ2v) is 17.2. The minimum absolute atomic E-state index is 0.0467. The molecule has 3 aromatic rings. The van der Waals surface area contributed by atoms with Crippen LogP contribution >= 0.6 is 7.82 Å². The molecule has 1 aromatic heterocycles. The monoisotopic (exact) mass is 647 g/mol. The minimum Gasteiger partial charge on any atom is -0.390 e. The second kappa shape index (κ2) is 12.6. The molecule has 0 amide bonds. The first kappa shape index (κ1) is 32.3. The lowest BCUT2D eigenvalue weighted by molar-refractivity contribution is -0.143. The van der Waals surface area contributed by atoms with Crippen molar-refractivity contribution in [3.63, 3.8) is 0 Å². The summed E-state index contributed by atoms with van der Waals surface area (Å²) < 4.78 is 37.1. The fourth-order valence-corrected chi connectivity index (χ4v) is 11.3. The molecule has 4 fully saturated rings. The molecular weight excluding hydrogens is 597 g/mol. The molecule has 0 bridgehead atoms. The number of rotatable bonds is 10. The average Bonchev–Trinajstić information content (AvgIpc) is 3.67. The van der Waals surface area contributed by atoms with Gasteiger partial charge in [-0.1, -0.05) is 79.7 Å². The van der Waals surface area contributed by atoms with Gasteiger partial charge in [-0.15, -0.1) is 0 Å². The van der Waals surface area contributed by atoms with Gasteiger partial charge in [-0.05, 0) is 110 Å². The Balaban J connectivity index is 1.02. The highest BCUT2D eigenvalue weighted by atomic mass is 31.2. The zero-order valence-electron chi connectivity index (χ0n) is 27.6. The van der Waals surface area contributed by atoms with E-state index < -0.39 is 13.4 Å². The van der Waals surface area contributed by atoms with Crippen molar-refractivity contribution in [3.05, 3.63) is 89.3 Å². The lowest BCUT2D eigenvalue weighted by Gasteiger charge is -2.61. The molecule has 0 radical (unpaired) electrons. The summed E-state index contributed by atoms with van der Waals surface area (Å²) in [7, 11) is -3.92. The first-order valence-corrected chi connectivity index (χ1v) is 18.8. The summed E-state index contributed by atoms with van der Waals surface area (Å²) in [5.41, 5.74) is 2.79. The standard InChI is InChI=1S/C38H50NO6P/c1-36(40)20-21-37(2)29(23-36)14-15-31-32-16-17-34(38(32,3)19-18-33(31)37)35-22-30(45-39-35)26-44-46(41,42-24-27-10-6-4-7-11-27)43-25-28-12-8-5-9-13-28/h4-13,22,29,31-34,40H,14-21,23-26H2,1-3H3/t29?,31?,32?,33?,34-,36-,37+,38+/m1/s1. The van der Waals surface area contributed by atoms with Crippen LogP contribution in [0, 0.1) is 34.5 Å². The molecule has 1 N–H and O–H groups in total. The van der Waals surface area contributed by atoms with Gasteiger partial charge in [0.15, 0.2) is 5.76 Å². The maximum Gasteiger partial charge on any atom is 0.475 e. The number of phosphoric ester groups is 1. The predicted octanol–water partition coefficient (Wildman–Crippen LogP) is 9.61. The topological polar surface area (TPSA) is 91.0 Å². The van der Waals surface area contributed by atoms with Crippen LogP contribution in [-0.2, 0) is 38.0 Å². The molecule has 7 rings (SSSR count). The third-order valence-corrected chi connectivity index (χ3v) is 14.1. The van der Waals surface area contributed by atoms with Crippen LogP contribution in [-0.4, -0.2) is 15.9 Å². The zero-order chi connectivity index (χ0) is 32.0. The van der Waals surface area contributed by atoms with E-state index in [1.807, 2.05) is 73.7 Å². The van der Waals surface area contributed by atoms with Crippen LogP contribution in [0.5, 0.6) is 0 Å². The fraction of sp³-hybridized carbons (Fsp3) is 0.605. The number of aromatic nitrogens is 1. The van der Waals surface area contributed by atoms with Crippen molar-refractivity contribution in [2.45, 2.75) is 110 Å². The SMILES string of the molecule is C[C@@]1(O)CC[C@@]2(C)C(CCC3C2CC[C@@]2(C)C3CC[C@@H]2c2cc(COP(=O)(OCc3ccccc3)OCc3ccccc3)on2)C1. The van der Waals surface area contributed by atoms with E-state index in [1.54, 1.807) is 0 Å². The van der Waals surface area contributed by atoms with Crippen LogP contribution in [0.15, 0.2) is 71.3 Å². The molecule has 4 saturated carbocycles. The van der Waals surface area contributed by atoms with E-state index in [2.05, 4.69) is 19.0 Å². The van der Waals surface area contributed by atoms with Crippen molar-refractivity contribution in [2.24, 2.45) is 34.5 Å². The van der Waals surface area contributed by atoms with Crippen molar-refractivity contribution >= 4 is 7.82 Å². The molecule has 0 spiro atoms. The predicted molar refractivity (Wildman–Crippen MR) is 176 cm³/mol. The van der Waals surface area contributed by atoms with E-state index in [-0.39, 0.29) is 25.2 Å². The third-order valence-electron chi connectivity index (χ3n) is 12.7. The Hall–Kier alpha value is -2.28. The van der Waals surface area contributed by atoms with E-state index in [4.69, 9.17) is 18.1 Å². The summed E-state index contributed by atoms with van der Waals surface area (Å²) in [5, 5.41) is 15.4. The van der Waals surface area contributed by atoms with Gasteiger partial charge in [0.25, 0.3) is 0 Å². The normalized spacial score (nSPS) is 35.7. The van der Waals surface area contributed by atoms with Crippen LogP contribution in [0.25, 0.3) is 0 Å². The Bertz CT molecular complexity index is 1480. The number of aliphatic hydroxyl groups is 1. The van der Waals surface area contributed by atoms with Gasteiger partial charge in [0.1, 0.15) is 6.61 Å². The highest BCUT2D eigenvalue weighted by molar-refractivity contribution is 7.48. The van der Waals surface area contributed by atoms with Crippen molar-refractivity contribution in [3.8, 4) is 0 Å². The number of hydrogen-bond donors (Lipinski definition) is 1. The maximum atomic E-state index is 13.8. The summed E-state index contributed by atoms with van der Waals surface area (Å²) in [5.74, 6) is 3.69. The highest BCUT2D eigenvalue weighted by Crippen LogP contribution is 2.69. The van der Waals surface area contributed by atoms with Crippen molar-refractivity contribution in [1.29, 1.82) is 0 Å². The molecular formula is C38H50NO6P. The molecule has 4 aliphatic carbocycles. The van der Waals surface area contributed by atoms with Crippen LogP contribution < -0.4 is 0 Å². The Morgan fingerprint density at radius 1 is 0.783 bits per heavy atom. The molecule has 7 nitrogen and oxygen atoms in total. The van der Waals surface area contributed by atoms with Crippen LogP contribution in [0.4, 0.5) is 0 Å². The smallest absolute Gasteiger partial charge is 0.390 e. The molecule has 0 saturated heterocycles. The number of hydrogen-bond acceptors (Lipinski definition) is 7. The van der Waals surface area contributed by atoms with E-state index in [1.165, 1.54) is 32.1 Å². The van der Waals surface area contributed by atoms with Gasteiger partial charge < -0.3 is 9.63 Å². The Kier molecular flexibility index (Phi) is 8.86. The quantitative estimate of drug-likeness (QED) is 0.219. The minimum atomic E-state index is -3.92. The summed E-state index contributed by atoms with van der Waals surface area (Å²) in [4.78, 5) is 0. The average molecular weight is 648 g/mol. The molecule has 0 aliphatic heterocycles. The van der Waals surface area contributed by atoms with Gasteiger partial charge in [0.05, 0.1) is 24.5 Å². The summed E-state index contributed by atoms with van der Waals surface area (Å²) in [6.07, 6.45) is 10.4. The first-order valence-electron chi connectivity index (χ1n) is 17.4. The number of benzene rings is 2. The molecule has 4 unspecified atom stereocenters. The van der Waals surface area contributed by atoms with E-state index in [9.17, 15) is 9.67 Å². The molecule has 1 heterocycles. The van der Waals surface area contributed by atoms with Crippen molar-refractivity contribution in [2.75, 3.05) is 0 Å². The molecule has 4 aliphatic rings. The third kappa shape index (κ3) is 6.31. The van der Waals surface area contributed by atoms with Crippen LogP contribution in [0.1, 0.15) is 107 Å². The zero-order valence-corrected chi connectivity index (χ0v) is 28.5. The lowest BCUT2D eigenvalue weighted by Crippen LogP contribution is -2.55. The number of phosphoric acid groups is 1. The van der Waals surface area contributed by atoms with Crippen molar-refractivity contribution < 1.29 is 27.8 Å². The Morgan fingerprint density at radius 3 is 2.09 bits per heavy atom. The molecule has 8 heteroatoms. The summed E-state index contributed by atoms with van der Waals surface area (Å²) >= 11 is 0. The van der Waals surface area contributed by atoms with Crippen LogP contribution in [0.3, 0.4) is 0 Å². The Labute approximate surface area is 274 Å². The first-order chi connectivity index (χ1) is 22.1. The van der Waals surface area contributed by atoms with E-state index >= 15 is 0 Å². The van der Waals surface area contributed by atoms with Gasteiger partial charge in [0.2, 0.25) is 0 Å². The van der Waals surface area contributed by atoms with Gasteiger partial charge >= 0.3 is 7.82 Å². The van der Waals surface area contributed by atoms with E-state index in [0.717, 1.165) is 54.3 Å². The van der Waals surface area contributed by atoms with Gasteiger partial charge in [-0.3, -0.25) is 13.6 Å². The summed E-state index contributed by atoms with van der Waals surface area (Å²) in [6, 6.07) is 21.2. The fourth-order valence-electron chi connectivity index (χ4n) is 10.2. The largest absolute Gasteiger partial charge is 0.475 e. The van der Waals surface area contributed by atoms with Gasteiger partial charge in [0, 0.05) is 12.0 Å². The highest BCUT2D eigenvalue weighted by Gasteiger charge is 2.61. The number of nitrogens with zero attached hydrogens (tertiary/aromatic N) is 1. The Morgan fingerprint density at radius 2 is 1.41 bits per heavy atom. The maximum absolute atomic E-state index is 13.8. The lowest BCUT2D eigenvalue weighted by atomic mass is 9.44. The second-order valence-electron chi connectivity index (χ2n) is 15.5. The van der Waals surface area contributed by atoms with Gasteiger partial charge in [-0.25, -0.2) is 4.57 Å². The molecule has 46 heavy (non-hydrogen) atoms. The van der Waals surface area contributed by atoms with Gasteiger partial charge in [-0.2, -0.15) is 0 Å². The molecule has 2 aromatic carbocycles. The molecule has 248 valence electrons. The summed E-state index contributed by atoms with van der Waals surface area (Å²) in [6.45, 7) is 7.27.